The highest BCUT2D eigenvalue weighted by Gasteiger charge is 2.30. The lowest BCUT2D eigenvalue weighted by molar-refractivity contribution is -0.156. The van der Waals surface area contributed by atoms with Crippen LogP contribution in [0.5, 0.6) is 0 Å². The number of hydrogen-bond acceptors (Lipinski definition) is 8. The number of ether oxygens (including phenoxy) is 3. The van der Waals surface area contributed by atoms with E-state index >= 15 is 0 Å². The summed E-state index contributed by atoms with van der Waals surface area (Å²) in [5, 5.41) is 0. The zero-order valence-corrected chi connectivity index (χ0v) is 23.0. The lowest BCUT2D eigenvalue weighted by atomic mass is 10.2. The Morgan fingerprint density at radius 2 is 1.64 bits per heavy atom. The predicted octanol–water partition coefficient (Wildman–Crippen LogP) is 4.93. The van der Waals surface area contributed by atoms with Crippen molar-refractivity contribution in [3.05, 3.63) is 48.0 Å². The Morgan fingerprint density at radius 3 is 2.22 bits per heavy atom. The van der Waals surface area contributed by atoms with E-state index < -0.39 is 29.2 Å². The van der Waals surface area contributed by atoms with Gasteiger partial charge in [-0.3, -0.25) is 9.69 Å². The largest absolute Gasteiger partial charge is 0.461 e. The maximum absolute atomic E-state index is 13.0. The van der Waals surface area contributed by atoms with Gasteiger partial charge in [0.1, 0.15) is 17.7 Å². The SMILES string of the molecule is CCOC(=O)c1ncn(CCSc2ccccc2)c1CN(CC(=O)OC(C)(C)C)C(=O)OC(C)(C)C. The Hall–Kier alpha value is -3.01. The normalized spacial score (nSPS) is 11.6. The van der Waals surface area contributed by atoms with Crippen molar-refractivity contribution < 1.29 is 28.6 Å². The van der Waals surface area contributed by atoms with Crippen LogP contribution in [-0.2, 0) is 32.1 Å². The van der Waals surface area contributed by atoms with Crippen molar-refractivity contribution in [2.45, 2.75) is 77.7 Å². The minimum absolute atomic E-state index is 0.0850. The summed E-state index contributed by atoms with van der Waals surface area (Å²) in [6.07, 6.45) is 0.850. The fourth-order valence-electron chi connectivity index (χ4n) is 3.14. The number of imidazole rings is 1. The number of esters is 2. The van der Waals surface area contributed by atoms with E-state index in [1.165, 1.54) is 4.90 Å². The summed E-state index contributed by atoms with van der Waals surface area (Å²) >= 11 is 1.66. The van der Waals surface area contributed by atoms with E-state index in [1.807, 2.05) is 30.3 Å². The van der Waals surface area contributed by atoms with Gasteiger partial charge in [0.25, 0.3) is 0 Å². The second kappa shape index (κ2) is 12.8. The second-order valence-electron chi connectivity index (χ2n) is 10.0. The molecule has 2 rings (SSSR count). The Morgan fingerprint density at radius 1 is 1.00 bits per heavy atom. The van der Waals surface area contributed by atoms with Crippen LogP contribution in [0.2, 0.25) is 0 Å². The van der Waals surface area contributed by atoms with Crippen molar-refractivity contribution in [3.63, 3.8) is 0 Å². The molecule has 9 nitrogen and oxygen atoms in total. The highest BCUT2D eigenvalue weighted by atomic mass is 32.2. The first kappa shape index (κ1) is 29.2. The van der Waals surface area contributed by atoms with Crippen LogP contribution in [0.1, 0.15) is 64.6 Å². The average molecular weight is 520 g/mol. The van der Waals surface area contributed by atoms with Gasteiger partial charge in [0.05, 0.1) is 25.2 Å². The number of aromatic nitrogens is 2. The van der Waals surface area contributed by atoms with Crippen molar-refractivity contribution in [2.24, 2.45) is 0 Å². The Labute approximate surface area is 217 Å². The molecule has 0 fully saturated rings. The smallest absolute Gasteiger partial charge is 0.411 e. The van der Waals surface area contributed by atoms with Crippen LogP contribution >= 0.6 is 11.8 Å². The topological polar surface area (TPSA) is 100.0 Å². The van der Waals surface area contributed by atoms with Crippen molar-refractivity contribution >= 4 is 29.8 Å². The second-order valence-corrected chi connectivity index (χ2v) is 11.2. The van der Waals surface area contributed by atoms with Gasteiger partial charge < -0.3 is 18.8 Å². The number of carbonyl (C=O) groups excluding carboxylic acids is 3. The van der Waals surface area contributed by atoms with E-state index in [0.717, 1.165) is 4.90 Å². The molecule has 0 bridgehead atoms. The lowest BCUT2D eigenvalue weighted by Crippen LogP contribution is -2.42. The zero-order chi connectivity index (χ0) is 26.9. The van der Waals surface area contributed by atoms with Crippen LogP contribution in [0.3, 0.4) is 0 Å². The molecule has 1 aromatic heterocycles. The predicted molar refractivity (Wildman–Crippen MR) is 138 cm³/mol. The molecule has 0 N–H and O–H groups in total. The van der Waals surface area contributed by atoms with Crippen molar-refractivity contribution in [3.8, 4) is 0 Å². The molecule has 10 heteroatoms. The molecule has 0 saturated heterocycles. The fraction of sp³-hybridized carbons (Fsp3) is 0.538. The molecule has 0 unspecified atom stereocenters. The number of aryl methyl sites for hydroxylation is 1. The molecule has 36 heavy (non-hydrogen) atoms. The maximum atomic E-state index is 13.0. The summed E-state index contributed by atoms with van der Waals surface area (Å²) in [5.41, 5.74) is -0.945. The van der Waals surface area contributed by atoms with Gasteiger partial charge in [-0.25, -0.2) is 14.6 Å². The van der Waals surface area contributed by atoms with Crippen LogP contribution in [0.25, 0.3) is 0 Å². The van der Waals surface area contributed by atoms with Gasteiger partial charge in [-0.1, -0.05) is 18.2 Å². The zero-order valence-electron chi connectivity index (χ0n) is 22.2. The van der Waals surface area contributed by atoms with Crippen LogP contribution in [0.15, 0.2) is 41.6 Å². The van der Waals surface area contributed by atoms with Gasteiger partial charge in [0.2, 0.25) is 0 Å². The molecule has 0 radical (unpaired) electrons. The van der Waals surface area contributed by atoms with Gasteiger partial charge in [-0.15, -0.1) is 11.8 Å². The van der Waals surface area contributed by atoms with E-state index in [0.29, 0.717) is 18.0 Å². The lowest BCUT2D eigenvalue weighted by Gasteiger charge is -2.28. The van der Waals surface area contributed by atoms with Crippen molar-refractivity contribution in [2.75, 3.05) is 18.9 Å². The molecule has 0 atom stereocenters. The van der Waals surface area contributed by atoms with Gasteiger partial charge in [0, 0.05) is 17.2 Å². The minimum Gasteiger partial charge on any atom is -0.461 e. The van der Waals surface area contributed by atoms with Crippen LogP contribution < -0.4 is 0 Å². The summed E-state index contributed by atoms with van der Waals surface area (Å²) in [7, 11) is 0. The molecule has 198 valence electrons. The summed E-state index contributed by atoms with van der Waals surface area (Å²) in [6, 6.07) is 9.95. The Kier molecular flexibility index (Phi) is 10.4. The molecular formula is C26H37N3O6S. The first-order valence-corrected chi connectivity index (χ1v) is 12.9. The summed E-state index contributed by atoms with van der Waals surface area (Å²) in [6.45, 7) is 12.5. The molecule has 0 aliphatic carbocycles. The fourth-order valence-corrected chi connectivity index (χ4v) is 4.01. The quantitative estimate of drug-likeness (QED) is 0.247. The van der Waals surface area contributed by atoms with E-state index in [-0.39, 0.29) is 25.4 Å². The number of hydrogen-bond donors (Lipinski definition) is 0. The van der Waals surface area contributed by atoms with Crippen molar-refractivity contribution in [1.29, 1.82) is 0 Å². The number of carbonyl (C=O) groups is 3. The number of nitrogens with zero attached hydrogens (tertiary/aromatic N) is 3. The molecule has 0 aliphatic heterocycles. The van der Waals surface area contributed by atoms with Gasteiger partial charge >= 0.3 is 18.0 Å². The summed E-state index contributed by atoms with van der Waals surface area (Å²) < 4.78 is 17.9. The third-order valence-corrected chi connectivity index (χ3v) is 5.48. The maximum Gasteiger partial charge on any atom is 0.411 e. The van der Waals surface area contributed by atoms with E-state index in [4.69, 9.17) is 14.2 Å². The number of rotatable bonds is 10. The third kappa shape index (κ3) is 9.93. The van der Waals surface area contributed by atoms with E-state index in [1.54, 1.807) is 71.1 Å². The Bertz CT molecular complexity index is 1020. The third-order valence-electron chi connectivity index (χ3n) is 4.49. The Balaban J connectivity index is 2.32. The van der Waals surface area contributed by atoms with Crippen LogP contribution in [-0.4, -0.2) is 62.6 Å². The van der Waals surface area contributed by atoms with Crippen LogP contribution in [0, 0.1) is 0 Å². The van der Waals surface area contributed by atoms with E-state index in [9.17, 15) is 14.4 Å². The summed E-state index contributed by atoms with van der Waals surface area (Å²) in [4.78, 5) is 44.9. The van der Waals surface area contributed by atoms with Gasteiger partial charge in [-0.2, -0.15) is 0 Å². The monoisotopic (exact) mass is 519 g/mol. The van der Waals surface area contributed by atoms with Crippen LogP contribution in [0.4, 0.5) is 4.79 Å². The molecule has 1 amide bonds. The molecule has 0 saturated carbocycles. The molecule has 2 aromatic rings. The molecule has 0 spiro atoms. The minimum atomic E-state index is -0.778. The molecule has 1 heterocycles. The van der Waals surface area contributed by atoms with Crippen molar-refractivity contribution in [1.82, 2.24) is 14.5 Å². The average Bonchev–Trinajstić information content (AvgIpc) is 3.14. The first-order chi connectivity index (χ1) is 16.8. The van der Waals surface area contributed by atoms with Gasteiger partial charge in [-0.05, 0) is 60.6 Å². The molecule has 1 aromatic carbocycles. The highest BCUT2D eigenvalue weighted by molar-refractivity contribution is 7.99. The number of benzene rings is 1. The van der Waals surface area contributed by atoms with Gasteiger partial charge in [0.15, 0.2) is 5.69 Å². The standard InChI is InChI=1S/C26H37N3O6S/c1-8-33-23(31)22-20(28(18-27-22)14-15-36-19-12-10-9-11-13-19)16-29(24(32)35-26(5,6)7)17-21(30)34-25(2,3)4/h9-13,18H,8,14-17H2,1-7H3. The number of amides is 1. The summed E-state index contributed by atoms with van der Waals surface area (Å²) in [5.74, 6) is -0.478. The number of thioether (sulfide) groups is 1. The molecular weight excluding hydrogens is 482 g/mol. The first-order valence-electron chi connectivity index (χ1n) is 11.9. The molecule has 0 aliphatic rings. The van der Waals surface area contributed by atoms with E-state index in [2.05, 4.69) is 4.98 Å². The highest BCUT2D eigenvalue weighted by Crippen LogP contribution is 2.20.